The summed E-state index contributed by atoms with van der Waals surface area (Å²) in [4.78, 5) is 0. The molecule has 0 radical (unpaired) electrons. The number of phenolic OH excluding ortho intramolecular Hbond substituents is 3. The Morgan fingerprint density at radius 3 is 2.56 bits per heavy atom. The largest absolute Gasteiger partial charge is 0.508 e. The van der Waals surface area contributed by atoms with Crippen LogP contribution in [0.1, 0.15) is 12.5 Å². The predicted octanol–water partition coefficient (Wildman–Crippen LogP) is 3.32. The van der Waals surface area contributed by atoms with Gasteiger partial charge in [0.15, 0.2) is 10.6 Å². The Kier molecular flexibility index (Phi) is 4.37. The third kappa shape index (κ3) is 2.91. The molecule has 0 aliphatic carbocycles. The Morgan fingerprint density at radius 2 is 1.88 bits per heavy atom. The first-order chi connectivity index (χ1) is 12.0. The van der Waals surface area contributed by atoms with Gasteiger partial charge in [0.2, 0.25) is 0 Å². The minimum atomic E-state index is -0.0995. The Morgan fingerprint density at radius 1 is 1.12 bits per heavy atom. The van der Waals surface area contributed by atoms with Crippen LogP contribution in [0.5, 0.6) is 17.2 Å². The van der Waals surface area contributed by atoms with Gasteiger partial charge in [0, 0.05) is 13.1 Å². The van der Waals surface area contributed by atoms with Crippen molar-refractivity contribution >= 4 is 17.9 Å². The van der Waals surface area contributed by atoms with Gasteiger partial charge in [-0.3, -0.25) is 9.67 Å². The fraction of sp³-hybridized carbons (Fsp3) is 0.176. The molecule has 0 fully saturated rings. The highest BCUT2D eigenvalue weighted by Gasteiger charge is 2.17. The van der Waals surface area contributed by atoms with Gasteiger partial charge in [0.1, 0.15) is 17.2 Å². The van der Waals surface area contributed by atoms with Gasteiger partial charge in [-0.05, 0) is 48.5 Å². The van der Waals surface area contributed by atoms with Crippen molar-refractivity contribution in [1.82, 2.24) is 14.8 Å². The number of hydrogen-bond acceptors (Lipinski definition) is 6. The number of rotatable bonds is 4. The summed E-state index contributed by atoms with van der Waals surface area (Å²) in [6.45, 7) is 1.91. The van der Waals surface area contributed by atoms with Crippen LogP contribution in [0.3, 0.4) is 0 Å². The molecular weight excluding hydrogens is 340 g/mol. The van der Waals surface area contributed by atoms with Crippen molar-refractivity contribution in [3.05, 3.63) is 40.7 Å². The van der Waals surface area contributed by atoms with Crippen LogP contribution in [0.2, 0.25) is 0 Å². The van der Waals surface area contributed by atoms with E-state index >= 15 is 0 Å². The second-order valence-corrected chi connectivity index (χ2v) is 5.88. The summed E-state index contributed by atoms with van der Waals surface area (Å²) in [5.41, 5.74) is 2.34. The molecule has 0 aliphatic heterocycles. The molecule has 3 rings (SSSR count). The molecule has 130 valence electrons. The molecule has 8 heteroatoms. The summed E-state index contributed by atoms with van der Waals surface area (Å²) in [6.07, 6.45) is 0.605. The maximum Gasteiger partial charge on any atom is 0.200 e. The molecule has 0 saturated carbocycles. The Bertz CT molecular complexity index is 994. The quantitative estimate of drug-likeness (QED) is 0.362. The topological polar surface area (TPSA) is 106 Å². The first kappa shape index (κ1) is 16.8. The lowest BCUT2D eigenvalue weighted by Gasteiger charge is -2.12. The van der Waals surface area contributed by atoms with E-state index in [1.54, 1.807) is 35.9 Å². The normalized spacial score (nSPS) is 10.8. The number of anilines is 1. The molecular formula is C17H18N4O3S. The number of nitrogens with zero attached hydrogens (tertiary/aromatic N) is 2. The van der Waals surface area contributed by atoms with Crippen LogP contribution < -0.4 is 5.32 Å². The smallest absolute Gasteiger partial charge is 0.200 e. The number of phenols is 3. The monoisotopic (exact) mass is 358 g/mol. The first-order valence-corrected chi connectivity index (χ1v) is 8.10. The summed E-state index contributed by atoms with van der Waals surface area (Å²) in [5, 5.41) is 39.9. The second-order valence-electron chi connectivity index (χ2n) is 5.49. The average Bonchev–Trinajstić information content (AvgIpc) is 2.97. The number of aromatic amines is 1. The van der Waals surface area contributed by atoms with Crippen LogP contribution in [0.4, 0.5) is 5.69 Å². The van der Waals surface area contributed by atoms with Crippen LogP contribution >= 0.6 is 12.2 Å². The molecule has 0 unspecified atom stereocenters. The fourth-order valence-electron chi connectivity index (χ4n) is 2.66. The van der Waals surface area contributed by atoms with Gasteiger partial charge in [-0.1, -0.05) is 6.92 Å². The lowest BCUT2D eigenvalue weighted by molar-refractivity contribution is 0.447. The molecule has 7 nitrogen and oxygen atoms in total. The van der Waals surface area contributed by atoms with E-state index in [0.717, 1.165) is 0 Å². The number of H-pyrrole nitrogens is 1. The predicted molar refractivity (Wildman–Crippen MR) is 98.1 cm³/mol. The molecule has 0 atom stereocenters. The van der Waals surface area contributed by atoms with Gasteiger partial charge < -0.3 is 20.6 Å². The Balaban J connectivity index is 2.24. The molecule has 25 heavy (non-hydrogen) atoms. The number of benzene rings is 2. The molecule has 2 aromatic carbocycles. The SMILES string of the molecule is CCc1cc(-c2n[nH]c(=S)n2-c2ccc(O)c(NC)c2)c(O)cc1O. The molecule has 1 aromatic heterocycles. The molecule has 0 spiro atoms. The summed E-state index contributed by atoms with van der Waals surface area (Å²) >= 11 is 5.33. The Hall–Kier alpha value is -3.00. The third-order valence-corrected chi connectivity index (χ3v) is 4.27. The van der Waals surface area contributed by atoms with Crippen LogP contribution in [0, 0.1) is 4.77 Å². The van der Waals surface area contributed by atoms with E-state index in [1.165, 1.54) is 6.07 Å². The van der Waals surface area contributed by atoms with Crippen molar-refractivity contribution < 1.29 is 15.3 Å². The lowest BCUT2D eigenvalue weighted by Crippen LogP contribution is -2.00. The molecule has 0 aliphatic rings. The molecule has 0 amide bonds. The fourth-order valence-corrected chi connectivity index (χ4v) is 2.90. The maximum absolute atomic E-state index is 10.3. The standard InChI is InChI=1S/C17H18N4O3S/c1-3-9-6-11(15(24)8-14(9)23)16-19-20-17(25)21(16)10-4-5-13(22)12(7-10)18-2/h4-8,18,22-24H,3H2,1-2H3,(H,20,25). The molecule has 0 bridgehead atoms. The van der Waals surface area contributed by atoms with Crippen molar-refractivity contribution in [3.8, 4) is 34.3 Å². The highest BCUT2D eigenvalue weighted by atomic mass is 32.1. The van der Waals surface area contributed by atoms with Crippen LogP contribution in [-0.4, -0.2) is 37.1 Å². The van der Waals surface area contributed by atoms with E-state index in [-0.39, 0.29) is 17.2 Å². The van der Waals surface area contributed by atoms with Crippen LogP contribution in [0.25, 0.3) is 17.1 Å². The van der Waals surface area contributed by atoms with E-state index < -0.39 is 0 Å². The second kappa shape index (κ2) is 6.48. The van der Waals surface area contributed by atoms with Gasteiger partial charge >= 0.3 is 0 Å². The highest BCUT2D eigenvalue weighted by Crippen LogP contribution is 2.36. The van der Waals surface area contributed by atoms with E-state index in [0.29, 0.717) is 39.5 Å². The van der Waals surface area contributed by atoms with E-state index in [1.807, 2.05) is 6.92 Å². The zero-order valence-corrected chi connectivity index (χ0v) is 14.6. The van der Waals surface area contributed by atoms with Gasteiger partial charge in [-0.15, -0.1) is 0 Å². The van der Waals surface area contributed by atoms with E-state index in [2.05, 4.69) is 15.5 Å². The molecule has 3 aromatic rings. The van der Waals surface area contributed by atoms with E-state index in [9.17, 15) is 15.3 Å². The zero-order chi connectivity index (χ0) is 18.1. The first-order valence-electron chi connectivity index (χ1n) is 7.70. The van der Waals surface area contributed by atoms with Crippen molar-refractivity contribution in [2.75, 3.05) is 12.4 Å². The summed E-state index contributed by atoms with van der Waals surface area (Å²) < 4.78 is 1.99. The van der Waals surface area contributed by atoms with Crippen molar-refractivity contribution in [3.63, 3.8) is 0 Å². The third-order valence-electron chi connectivity index (χ3n) is 4.00. The van der Waals surface area contributed by atoms with Crippen molar-refractivity contribution in [1.29, 1.82) is 0 Å². The number of aromatic hydroxyl groups is 3. The number of aryl methyl sites for hydroxylation is 1. The lowest BCUT2D eigenvalue weighted by atomic mass is 10.1. The van der Waals surface area contributed by atoms with Gasteiger partial charge in [0.05, 0.1) is 16.9 Å². The minimum absolute atomic E-state index is 0.0338. The average molecular weight is 358 g/mol. The number of aromatic nitrogens is 3. The summed E-state index contributed by atoms with van der Waals surface area (Å²) in [6, 6.07) is 7.96. The molecule has 0 saturated heterocycles. The minimum Gasteiger partial charge on any atom is -0.508 e. The van der Waals surface area contributed by atoms with E-state index in [4.69, 9.17) is 12.2 Å². The molecule has 1 heterocycles. The number of nitrogens with one attached hydrogen (secondary N) is 2. The molecule has 5 N–H and O–H groups in total. The summed E-state index contributed by atoms with van der Waals surface area (Å²) in [7, 11) is 1.70. The van der Waals surface area contributed by atoms with Gasteiger partial charge in [-0.25, -0.2) is 0 Å². The zero-order valence-electron chi connectivity index (χ0n) is 13.7. The van der Waals surface area contributed by atoms with Gasteiger partial charge in [-0.2, -0.15) is 5.10 Å². The Labute approximate surface area is 149 Å². The van der Waals surface area contributed by atoms with Crippen molar-refractivity contribution in [2.24, 2.45) is 0 Å². The van der Waals surface area contributed by atoms with Crippen molar-refractivity contribution in [2.45, 2.75) is 13.3 Å². The maximum atomic E-state index is 10.3. The van der Waals surface area contributed by atoms with Crippen LogP contribution in [-0.2, 0) is 6.42 Å². The summed E-state index contributed by atoms with van der Waals surface area (Å²) in [5.74, 6) is 0.456. The number of hydrogen-bond donors (Lipinski definition) is 5. The van der Waals surface area contributed by atoms with Crippen LogP contribution in [0.15, 0.2) is 30.3 Å². The highest BCUT2D eigenvalue weighted by molar-refractivity contribution is 7.71. The van der Waals surface area contributed by atoms with Gasteiger partial charge in [0.25, 0.3) is 0 Å².